The highest BCUT2D eigenvalue weighted by Crippen LogP contribution is 2.23. The van der Waals surface area contributed by atoms with E-state index in [1.165, 1.54) is 5.56 Å². The van der Waals surface area contributed by atoms with Crippen LogP contribution in [0.4, 0.5) is 5.69 Å². The Kier molecular flexibility index (Phi) is 5.32. The lowest BCUT2D eigenvalue weighted by molar-refractivity contribution is 0.556. The fourth-order valence-corrected chi connectivity index (χ4v) is 3.58. The van der Waals surface area contributed by atoms with Crippen LogP contribution in [0.5, 0.6) is 0 Å². The largest absolute Gasteiger partial charge is 0.380 e. The Bertz CT molecular complexity index is 988. The molecule has 0 unspecified atom stereocenters. The molecule has 6 nitrogen and oxygen atoms in total. The number of pyridine rings is 1. The molecule has 0 bridgehead atoms. The van der Waals surface area contributed by atoms with Crippen molar-refractivity contribution in [3.63, 3.8) is 0 Å². The number of hydrogen-bond acceptors (Lipinski definition) is 5. The Morgan fingerprint density at radius 1 is 1.00 bits per heavy atom. The molecule has 2 heterocycles. The summed E-state index contributed by atoms with van der Waals surface area (Å²) in [5, 5.41) is 7.72. The minimum atomic E-state index is -3.44. The summed E-state index contributed by atoms with van der Waals surface area (Å²) in [4.78, 5) is 4.12. The van der Waals surface area contributed by atoms with Gasteiger partial charge in [-0.3, -0.25) is 4.68 Å². The monoisotopic (exact) mass is 384 g/mol. The van der Waals surface area contributed by atoms with Gasteiger partial charge in [0.15, 0.2) is 14.9 Å². The summed E-state index contributed by atoms with van der Waals surface area (Å²) in [6, 6.07) is 13.4. The van der Waals surface area contributed by atoms with Crippen LogP contribution in [0.25, 0.3) is 0 Å². The Morgan fingerprint density at radius 2 is 1.74 bits per heavy atom. The van der Waals surface area contributed by atoms with E-state index in [2.05, 4.69) is 27.5 Å². The lowest BCUT2D eigenvalue weighted by Gasteiger charge is -2.18. The van der Waals surface area contributed by atoms with Gasteiger partial charge in [-0.2, -0.15) is 5.10 Å². The first kappa shape index (κ1) is 19.1. The number of nitrogens with one attached hydrogen (secondary N) is 1. The Morgan fingerprint density at radius 3 is 2.37 bits per heavy atom. The maximum Gasteiger partial charge on any atom is 0.200 e. The minimum Gasteiger partial charge on any atom is -0.380 e. The van der Waals surface area contributed by atoms with E-state index in [0.29, 0.717) is 6.54 Å². The summed E-state index contributed by atoms with van der Waals surface area (Å²) >= 11 is 0. The Labute approximate surface area is 160 Å². The second kappa shape index (κ2) is 7.52. The molecule has 0 aliphatic heterocycles. The van der Waals surface area contributed by atoms with Crippen LogP contribution < -0.4 is 5.32 Å². The molecular formula is C20H24N4O2S. The van der Waals surface area contributed by atoms with Crippen LogP contribution in [0, 0.1) is 0 Å². The van der Waals surface area contributed by atoms with Gasteiger partial charge in [-0.1, -0.05) is 30.3 Å². The molecule has 0 aliphatic rings. The summed E-state index contributed by atoms with van der Waals surface area (Å²) in [5.41, 5.74) is 3.00. The van der Waals surface area contributed by atoms with Gasteiger partial charge in [0.1, 0.15) is 0 Å². The van der Waals surface area contributed by atoms with Gasteiger partial charge < -0.3 is 5.32 Å². The molecule has 1 N–H and O–H groups in total. The third-order valence-electron chi connectivity index (χ3n) is 4.19. The summed E-state index contributed by atoms with van der Waals surface area (Å²) < 4.78 is 25.8. The maximum atomic E-state index is 12.4. The zero-order valence-corrected chi connectivity index (χ0v) is 16.6. The lowest BCUT2D eigenvalue weighted by Crippen LogP contribution is -2.28. The molecule has 0 saturated carbocycles. The van der Waals surface area contributed by atoms with Crippen molar-refractivity contribution in [2.24, 2.45) is 0 Å². The molecule has 0 atom stereocenters. The average molecular weight is 385 g/mol. The molecule has 7 heteroatoms. The van der Waals surface area contributed by atoms with E-state index in [-0.39, 0.29) is 5.03 Å². The third kappa shape index (κ3) is 4.54. The van der Waals surface area contributed by atoms with E-state index in [1.807, 2.05) is 35.3 Å². The summed E-state index contributed by atoms with van der Waals surface area (Å²) in [5.74, 6) is 0. The van der Waals surface area contributed by atoms with E-state index in [4.69, 9.17) is 0 Å². The number of benzene rings is 1. The molecule has 3 rings (SSSR count). The minimum absolute atomic E-state index is 0.0937. The highest BCUT2D eigenvalue weighted by atomic mass is 32.2. The quantitative estimate of drug-likeness (QED) is 0.704. The van der Waals surface area contributed by atoms with Crippen LogP contribution in [-0.4, -0.2) is 27.9 Å². The normalized spacial score (nSPS) is 12.1. The van der Waals surface area contributed by atoms with Gasteiger partial charge in [0.25, 0.3) is 0 Å². The van der Waals surface area contributed by atoms with Gasteiger partial charge in [0, 0.05) is 18.3 Å². The predicted octanol–water partition coefficient (Wildman–Crippen LogP) is 3.51. The topological polar surface area (TPSA) is 76.9 Å². The SMILES string of the molecule is CC(C)(C)S(=O)(=O)c1ccc(NCc2cnn(Cc3ccccc3)c2)cn1. The highest BCUT2D eigenvalue weighted by molar-refractivity contribution is 7.92. The first-order valence-corrected chi connectivity index (χ1v) is 10.2. The van der Waals surface area contributed by atoms with Crippen molar-refractivity contribution in [1.82, 2.24) is 14.8 Å². The van der Waals surface area contributed by atoms with Crippen LogP contribution in [0.1, 0.15) is 31.9 Å². The smallest absolute Gasteiger partial charge is 0.200 e. The Hall–Kier alpha value is -2.67. The van der Waals surface area contributed by atoms with Gasteiger partial charge in [0.2, 0.25) is 0 Å². The van der Waals surface area contributed by atoms with Crippen LogP contribution in [0.2, 0.25) is 0 Å². The second-order valence-electron chi connectivity index (χ2n) is 7.39. The fraction of sp³-hybridized carbons (Fsp3) is 0.300. The molecule has 27 heavy (non-hydrogen) atoms. The standard InChI is InChI=1S/C20H24N4O2S/c1-20(2,3)27(25,26)19-10-9-18(13-22-19)21-11-17-12-23-24(15-17)14-16-7-5-4-6-8-16/h4-10,12-13,15,21H,11,14H2,1-3H3. The number of nitrogens with zero attached hydrogens (tertiary/aromatic N) is 3. The zero-order valence-electron chi connectivity index (χ0n) is 15.8. The molecule has 0 spiro atoms. The first-order valence-electron chi connectivity index (χ1n) is 8.75. The number of aromatic nitrogens is 3. The van der Waals surface area contributed by atoms with E-state index in [0.717, 1.165) is 17.8 Å². The van der Waals surface area contributed by atoms with Crippen molar-refractivity contribution >= 4 is 15.5 Å². The molecule has 2 aromatic heterocycles. The Balaban J connectivity index is 1.61. The number of rotatable bonds is 6. The number of sulfone groups is 1. The predicted molar refractivity (Wildman–Crippen MR) is 106 cm³/mol. The first-order chi connectivity index (χ1) is 12.8. The molecule has 0 radical (unpaired) electrons. The molecule has 0 aliphatic carbocycles. The van der Waals surface area contributed by atoms with Crippen molar-refractivity contribution in [2.45, 2.75) is 43.6 Å². The summed E-state index contributed by atoms with van der Waals surface area (Å²) in [7, 11) is -3.44. The van der Waals surface area contributed by atoms with Crippen LogP contribution in [0.15, 0.2) is 66.1 Å². The molecule has 0 saturated heterocycles. The van der Waals surface area contributed by atoms with E-state index >= 15 is 0 Å². The lowest BCUT2D eigenvalue weighted by atomic mass is 10.2. The van der Waals surface area contributed by atoms with Crippen LogP contribution >= 0.6 is 0 Å². The molecule has 0 amide bonds. The maximum absolute atomic E-state index is 12.4. The van der Waals surface area contributed by atoms with Crippen LogP contribution in [0.3, 0.4) is 0 Å². The van der Waals surface area contributed by atoms with Crippen molar-refractivity contribution in [1.29, 1.82) is 0 Å². The molecule has 1 aromatic carbocycles. The zero-order chi connectivity index (χ0) is 19.5. The summed E-state index contributed by atoms with van der Waals surface area (Å²) in [6.45, 7) is 6.32. The van der Waals surface area contributed by atoms with Gasteiger partial charge in [-0.25, -0.2) is 13.4 Å². The average Bonchev–Trinajstić information content (AvgIpc) is 3.07. The van der Waals surface area contributed by atoms with Crippen molar-refractivity contribution in [3.8, 4) is 0 Å². The second-order valence-corrected chi connectivity index (χ2v) is 10.0. The fourth-order valence-electron chi connectivity index (χ4n) is 2.52. The van der Waals surface area contributed by atoms with Crippen LogP contribution in [-0.2, 0) is 22.9 Å². The van der Waals surface area contributed by atoms with E-state index in [9.17, 15) is 8.42 Å². The number of hydrogen-bond donors (Lipinski definition) is 1. The third-order valence-corrected chi connectivity index (χ3v) is 6.59. The molecular weight excluding hydrogens is 360 g/mol. The number of anilines is 1. The van der Waals surface area contributed by atoms with Crippen molar-refractivity contribution < 1.29 is 8.42 Å². The van der Waals surface area contributed by atoms with Gasteiger partial charge in [0.05, 0.1) is 29.4 Å². The summed E-state index contributed by atoms with van der Waals surface area (Å²) in [6.07, 6.45) is 5.36. The van der Waals surface area contributed by atoms with Crippen molar-refractivity contribution in [3.05, 3.63) is 72.2 Å². The van der Waals surface area contributed by atoms with Gasteiger partial charge in [-0.15, -0.1) is 0 Å². The molecule has 3 aromatic rings. The van der Waals surface area contributed by atoms with Gasteiger partial charge >= 0.3 is 0 Å². The van der Waals surface area contributed by atoms with E-state index < -0.39 is 14.6 Å². The van der Waals surface area contributed by atoms with Crippen molar-refractivity contribution in [2.75, 3.05) is 5.32 Å². The molecule has 0 fully saturated rings. The highest BCUT2D eigenvalue weighted by Gasteiger charge is 2.31. The van der Waals surface area contributed by atoms with E-state index in [1.54, 1.807) is 39.1 Å². The van der Waals surface area contributed by atoms with Gasteiger partial charge in [-0.05, 0) is 38.5 Å². The molecule has 142 valence electrons.